The Labute approximate surface area is 105 Å². The van der Waals surface area contributed by atoms with E-state index in [2.05, 4.69) is 55.7 Å². The Morgan fingerprint density at radius 3 is 2.65 bits per heavy atom. The second-order valence-electron chi connectivity index (χ2n) is 5.87. The Kier molecular flexibility index (Phi) is 3.85. The normalized spacial score (nSPS) is 23.6. The van der Waals surface area contributed by atoms with Crippen molar-refractivity contribution in [2.24, 2.45) is 0 Å². The molecule has 17 heavy (non-hydrogen) atoms. The van der Waals surface area contributed by atoms with Crippen LogP contribution in [0.15, 0.2) is 24.3 Å². The van der Waals surface area contributed by atoms with Crippen molar-refractivity contribution in [3.8, 4) is 0 Å². The molecule has 1 unspecified atom stereocenters. The molecule has 0 bridgehead atoms. The molecule has 1 fully saturated rings. The van der Waals surface area contributed by atoms with Crippen molar-refractivity contribution in [1.82, 2.24) is 10.6 Å². The van der Waals surface area contributed by atoms with E-state index in [0.29, 0.717) is 6.04 Å². The molecule has 0 saturated carbocycles. The quantitative estimate of drug-likeness (QED) is 0.837. The highest BCUT2D eigenvalue weighted by molar-refractivity contribution is 5.21. The summed E-state index contributed by atoms with van der Waals surface area (Å²) in [6.45, 7) is 8.81. The molecule has 1 aliphatic heterocycles. The maximum Gasteiger partial charge on any atom is 0.0208 e. The fourth-order valence-corrected chi connectivity index (χ4v) is 2.52. The predicted octanol–water partition coefficient (Wildman–Crippen LogP) is 2.62. The third kappa shape index (κ3) is 3.83. The standard InChI is InChI=1S/C15H24N2/c1-12-4-6-13(7-5-12)11-16-14-8-9-17-15(2,3)10-14/h4-7,14,16-17H,8-11H2,1-3H3. The molecule has 1 aromatic rings. The molecular weight excluding hydrogens is 208 g/mol. The zero-order valence-corrected chi connectivity index (χ0v) is 11.2. The SMILES string of the molecule is Cc1ccc(CNC2CCNC(C)(C)C2)cc1. The predicted molar refractivity (Wildman–Crippen MR) is 73.1 cm³/mol. The van der Waals surface area contributed by atoms with Crippen LogP contribution in [0.3, 0.4) is 0 Å². The first-order valence-electron chi connectivity index (χ1n) is 6.59. The highest BCUT2D eigenvalue weighted by Crippen LogP contribution is 2.18. The summed E-state index contributed by atoms with van der Waals surface area (Å²) in [5.41, 5.74) is 2.99. The van der Waals surface area contributed by atoms with Crippen molar-refractivity contribution in [1.29, 1.82) is 0 Å². The minimum absolute atomic E-state index is 0.281. The van der Waals surface area contributed by atoms with Crippen LogP contribution in [0.2, 0.25) is 0 Å². The van der Waals surface area contributed by atoms with Crippen LogP contribution in [0, 0.1) is 6.92 Å². The van der Waals surface area contributed by atoms with Crippen LogP contribution < -0.4 is 10.6 Å². The fraction of sp³-hybridized carbons (Fsp3) is 0.600. The largest absolute Gasteiger partial charge is 0.312 e. The lowest BCUT2D eigenvalue weighted by Crippen LogP contribution is -2.51. The smallest absolute Gasteiger partial charge is 0.0208 e. The summed E-state index contributed by atoms with van der Waals surface area (Å²) in [4.78, 5) is 0. The molecule has 2 heteroatoms. The van der Waals surface area contributed by atoms with Crippen LogP contribution in [0.25, 0.3) is 0 Å². The van der Waals surface area contributed by atoms with E-state index in [1.807, 2.05) is 0 Å². The number of hydrogen-bond acceptors (Lipinski definition) is 2. The molecule has 0 aliphatic carbocycles. The van der Waals surface area contributed by atoms with E-state index in [0.717, 1.165) is 13.1 Å². The van der Waals surface area contributed by atoms with Crippen molar-refractivity contribution >= 4 is 0 Å². The minimum atomic E-state index is 0.281. The molecule has 0 amide bonds. The lowest BCUT2D eigenvalue weighted by atomic mass is 9.89. The van der Waals surface area contributed by atoms with E-state index < -0.39 is 0 Å². The van der Waals surface area contributed by atoms with Crippen LogP contribution >= 0.6 is 0 Å². The van der Waals surface area contributed by atoms with Crippen molar-refractivity contribution < 1.29 is 0 Å². The van der Waals surface area contributed by atoms with E-state index in [1.54, 1.807) is 0 Å². The minimum Gasteiger partial charge on any atom is -0.312 e. The average Bonchev–Trinajstić information content (AvgIpc) is 2.27. The van der Waals surface area contributed by atoms with Crippen LogP contribution in [0.4, 0.5) is 0 Å². The topological polar surface area (TPSA) is 24.1 Å². The molecule has 1 atom stereocenters. The second kappa shape index (κ2) is 5.19. The van der Waals surface area contributed by atoms with E-state index in [4.69, 9.17) is 0 Å². The summed E-state index contributed by atoms with van der Waals surface area (Å²) in [5.74, 6) is 0. The van der Waals surface area contributed by atoms with Gasteiger partial charge in [-0.25, -0.2) is 0 Å². The van der Waals surface area contributed by atoms with Gasteiger partial charge in [-0.2, -0.15) is 0 Å². The first kappa shape index (κ1) is 12.6. The summed E-state index contributed by atoms with van der Waals surface area (Å²) >= 11 is 0. The lowest BCUT2D eigenvalue weighted by Gasteiger charge is -2.37. The van der Waals surface area contributed by atoms with Crippen molar-refractivity contribution in [2.75, 3.05) is 6.54 Å². The van der Waals surface area contributed by atoms with Crippen LogP contribution in [-0.2, 0) is 6.54 Å². The van der Waals surface area contributed by atoms with Gasteiger partial charge >= 0.3 is 0 Å². The zero-order valence-electron chi connectivity index (χ0n) is 11.2. The van der Waals surface area contributed by atoms with Gasteiger partial charge in [-0.1, -0.05) is 29.8 Å². The number of nitrogens with one attached hydrogen (secondary N) is 2. The Hall–Kier alpha value is -0.860. The first-order valence-corrected chi connectivity index (χ1v) is 6.59. The molecule has 2 rings (SSSR count). The number of piperidine rings is 1. The highest BCUT2D eigenvalue weighted by atomic mass is 15.0. The van der Waals surface area contributed by atoms with Crippen LogP contribution in [0.5, 0.6) is 0 Å². The van der Waals surface area contributed by atoms with Gasteiger partial charge < -0.3 is 10.6 Å². The van der Waals surface area contributed by atoms with Gasteiger partial charge in [0.25, 0.3) is 0 Å². The maximum absolute atomic E-state index is 3.67. The van der Waals surface area contributed by atoms with E-state index in [-0.39, 0.29) is 5.54 Å². The third-order valence-electron chi connectivity index (χ3n) is 3.57. The molecule has 2 nitrogen and oxygen atoms in total. The summed E-state index contributed by atoms with van der Waals surface area (Å²) in [6.07, 6.45) is 2.44. The van der Waals surface area contributed by atoms with E-state index >= 15 is 0 Å². The van der Waals surface area contributed by atoms with Crippen LogP contribution in [-0.4, -0.2) is 18.1 Å². The van der Waals surface area contributed by atoms with Gasteiger partial charge in [0.05, 0.1) is 0 Å². The maximum atomic E-state index is 3.67. The van der Waals surface area contributed by atoms with Gasteiger partial charge in [0.1, 0.15) is 0 Å². The molecular formula is C15H24N2. The highest BCUT2D eigenvalue weighted by Gasteiger charge is 2.26. The molecule has 1 saturated heterocycles. The monoisotopic (exact) mass is 232 g/mol. The van der Waals surface area contributed by atoms with Gasteiger partial charge in [-0.3, -0.25) is 0 Å². The lowest BCUT2D eigenvalue weighted by molar-refractivity contribution is 0.247. The fourth-order valence-electron chi connectivity index (χ4n) is 2.52. The summed E-state index contributed by atoms with van der Waals surface area (Å²) in [6, 6.07) is 9.45. The van der Waals surface area contributed by atoms with Crippen LogP contribution in [0.1, 0.15) is 37.8 Å². The number of benzene rings is 1. The van der Waals surface area contributed by atoms with E-state index in [1.165, 1.54) is 24.0 Å². The Balaban J connectivity index is 1.84. The second-order valence-corrected chi connectivity index (χ2v) is 5.87. The number of rotatable bonds is 3. The van der Waals surface area contributed by atoms with Gasteiger partial charge in [-0.05, 0) is 45.7 Å². The van der Waals surface area contributed by atoms with Crippen molar-refractivity contribution in [3.05, 3.63) is 35.4 Å². The summed E-state index contributed by atoms with van der Waals surface area (Å²) in [5, 5.41) is 7.23. The van der Waals surface area contributed by atoms with E-state index in [9.17, 15) is 0 Å². The van der Waals surface area contributed by atoms with Gasteiger partial charge in [-0.15, -0.1) is 0 Å². The van der Waals surface area contributed by atoms with Gasteiger partial charge in [0.15, 0.2) is 0 Å². The average molecular weight is 232 g/mol. The molecule has 2 N–H and O–H groups in total. The third-order valence-corrected chi connectivity index (χ3v) is 3.57. The molecule has 1 aromatic carbocycles. The Morgan fingerprint density at radius 2 is 2.00 bits per heavy atom. The molecule has 0 radical (unpaired) electrons. The molecule has 1 aliphatic rings. The van der Waals surface area contributed by atoms with Crippen molar-refractivity contribution in [3.63, 3.8) is 0 Å². The molecule has 94 valence electrons. The van der Waals surface area contributed by atoms with Gasteiger partial charge in [0.2, 0.25) is 0 Å². The zero-order chi connectivity index (χ0) is 12.3. The van der Waals surface area contributed by atoms with Crippen molar-refractivity contribution in [2.45, 2.75) is 51.7 Å². The molecule has 0 spiro atoms. The van der Waals surface area contributed by atoms with Gasteiger partial charge in [0, 0.05) is 18.1 Å². The number of aryl methyl sites for hydroxylation is 1. The summed E-state index contributed by atoms with van der Waals surface area (Å²) < 4.78 is 0. The first-order chi connectivity index (χ1) is 8.05. The Morgan fingerprint density at radius 1 is 1.29 bits per heavy atom. The summed E-state index contributed by atoms with van der Waals surface area (Å²) in [7, 11) is 0. The molecule has 1 heterocycles. The number of hydrogen-bond donors (Lipinski definition) is 2. The Bertz CT molecular complexity index is 354. The molecule has 0 aromatic heterocycles.